The minimum Gasteiger partial charge on any atom is -0.326 e. The fourth-order valence-electron chi connectivity index (χ4n) is 1.42. The van der Waals surface area contributed by atoms with Gasteiger partial charge in [-0.2, -0.15) is 4.31 Å². The van der Waals surface area contributed by atoms with Crippen molar-refractivity contribution in [2.75, 3.05) is 13.6 Å². The second-order valence-electron chi connectivity index (χ2n) is 3.55. The number of thiophene rings is 1. The number of aryl methyl sites for hydroxylation is 1. The highest BCUT2D eigenvalue weighted by Crippen LogP contribution is 2.28. The van der Waals surface area contributed by atoms with Crippen LogP contribution >= 0.6 is 11.3 Å². The summed E-state index contributed by atoms with van der Waals surface area (Å²) in [4.78, 5) is 0.553. The third-order valence-electron chi connectivity index (χ3n) is 2.24. The molecule has 0 saturated carbocycles. The Morgan fingerprint density at radius 3 is 2.59 bits per heavy atom. The second-order valence-corrected chi connectivity index (χ2v) is 6.50. The maximum Gasteiger partial charge on any atom is 0.252 e. The number of rotatable bonds is 5. The van der Waals surface area contributed by atoms with Gasteiger partial charge in [0.25, 0.3) is 6.43 Å². The molecule has 2 N–H and O–H groups in total. The lowest BCUT2D eigenvalue weighted by atomic mass is 10.3. The molecule has 8 heteroatoms. The van der Waals surface area contributed by atoms with Crippen LogP contribution in [0.4, 0.5) is 8.78 Å². The zero-order valence-corrected chi connectivity index (χ0v) is 11.1. The van der Waals surface area contributed by atoms with Crippen LogP contribution in [0.3, 0.4) is 0 Å². The summed E-state index contributed by atoms with van der Waals surface area (Å²) in [6, 6.07) is 0. The standard InChI is InChI=1S/C9H14F2N2O2S2/c1-6-5-16-7(3-12)9(6)17(14,15)13(2)4-8(10)11/h5,8H,3-4,12H2,1-2H3. The van der Waals surface area contributed by atoms with Gasteiger partial charge < -0.3 is 5.73 Å². The van der Waals surface area contributed by atoms with Crippen LogP contribution in [0.5, 0.6) is 0 Å². The molecule has 0 fully saturated rings. The van der Waals surface area contributed by atoms with Crippen LogP contribution < -0.4 is 5.73 Å². The van der Waals surface area contributed by atoms with Crippen LogP contribution in [0.1, 0.15) is 10.4 Å². The molecule has 0 amide bonds. The molecule has 0 spiro atoms. The van der Waals surface area contributed by atoms with Crippen LogP contribution in [-0.2, 0) is 16.6 Å². The quantitative estimate of drug-likeness (QED) is 0.889. The Balaban J connectivity index is 3.17. The van der Waals surface area contributed by atoms with Crippen molar-refractivity contribution in [3.05, 3.63) is 15.8 Å². The molecule has 0 bridgehead atoms. The number of nitrogens with zero attached hydrogens (tertiary/aromatic N) is 1. The van der Waals surface area contributed by atoms with E-state index >= 15 is 0 Å². The summed E-state index contributed by atoms with van der Waals surface area (Å²) < 4.78 is 49.2. The molecule has 1 heterocycles. The summed E-state index contributed by atoms with van der Waals surface area (Å²) in [7, 11) is -2.74. The molecule has 0 unspecified atom stereocenters. The Kier molecular flexibility index (Phi) is 4.59. The Morgan fingerprint density at radius 1 is 1.53 bits per heavy atom. The summed E-state index contributed by atoms with van der Waals surface area (Å²) in [5, 5.41) is 1.66. The normalized spacial score (nSPS) is 12.6. The summed E-state index contributed by atoms with van der Waals surface area (Å²) >= 11 is 1.22. The van der Waals surface area contributed by atoms with Crippen LogP contribution in [0.15, 0.2) is 10.3 Å². The Labute approximate surface area is 103 Å². The fourth-order valence-corrected chi connectivity index (χ4v) is 4.22. The molecule has 4 nitrogen and oxygen atoms in total. The van der Waals surface area contributed by atoms with Crippen LogP contribution in [0, 0.1) is 6.92 Å². The first-order valence-corrected chi connectivity index (χ1v) is 7.14. The van der Waals surface area contributed by atoms with Gasteiger partial charge in [-0.15, -0.1) is 11.3 Å². The van der Waals surface area contributed by atoms with Crippen molar-refractivity contribution >= 4 is 21.4 Å². The molecule has 0 radical (unpaired) electrons. The highest BCUT2D eigenvalue weighted by molar-refractivity contribution is 7.89. The summed E-state index contributed by atoms with van der Waals surface area (Å²) in [5.74, 6) is 0. The molecule has 0 aliphatic carbocycles. The van der Waals surface area contributed by atoms with Crippen LogP contribution in [0.25, 0.3) is 0 Å². The number of halogens is 2. The lowest BCUT2D eigenvalue weighted by Gasteiger charge is -2.17. The molecule has 98 valence electrons. The van der Waals surface area contributed by atoms with Crippen molar-refractivity contribution in [2.45, 2.75) is 24.8 Å². The number of hydrogen-bond donors (Lipinski definition) is 1. The molecular weight excluding hydrogens is 270 g/mol. The van der Waals surface area contributed by atoms with Crippen molar-refractivity contribution in [2.24, 2.45) is 5.73 Å². The predicted molar refractivity (Wildman–Crippen MR) is 62.8 cm³/mol. The number of sulfonamides is 1. The highest BCUT2D eigenvalue weighted by atomic mass is 32.2. The van der Waals surface area contributed by atoms with Gasteiger partial charge in [-0.3, -0.25) is 0 Å². The first kappa shape index (κ1) is 14.5. The van der Waals surface area contributed by atoms with Gasteiger partial charge >= 0.3 is 0 Å². The van der Waals surface area contributed by atoms with Crippen molar-refractivity contribution in [3.8, 4) is 0 Å². The van der Waals surface area contributed by atoms with Crippen molar-refractivity contribution in [3.63, 3.8) is 0 Å². The fraction of sp³-hybridized carbons (Fsp3) is 0.556. The minimum atomic E-state index is -3.88. The topological polar surface area (TPSA) is 63.4 Å². The van der Waals surface area contributed by atoms with Gasteiger partial charge in [-0.1, -0.05) is 0 Å². The molecule has 1 aromatic rings. The zero-order valence-electron chi connectivity index (χ0n) is 9.48. The van der Waals surface area contributed by atoms with E-state index in [1.165, 1.54) is 11.3 Å². The third kappa shape index (κ3) is 3.01. The van der Waals surface area contributed by atoms with E-state index in [1.54, 1.807) is 12.3 Å². The van der Waals surface area contributed by atoms with E-state index in [2.05, 4.69) is 0 Å². The lowest BCUT2D eigenvalue weighted by Crippen LogP contribution is -2.32. The first-order valence-electron chi connectivity index (χ1n) is 4.82. The van der Waals surface area contributed by atoms with Gasteiger partial charge in [0, 0.05) is 18.5 Å². The number of nitrogens with two attached hydrogens (primary N) is 1. The summed E-state index contributed by atoms with van der Waals surface area (Å²) in [5.41, 5.74) is 5.98. The molecule has 0 aromatic carbocycles. The molecule has 1 aromatic heterocycles. The van der Waals surface area contributed by atoms with Gasteiger partial charge in [0.2, 0.25) is 10.0 Å². The van der Waals surface area contributed by atoms with E-state index < -0.39 is 23.0 Å². The van der Waals surface area contributed by atoms with Crippen LogP contribution in [-0.4, -0.2) is 32.7 Å². The van der Waals surface area contributed by atoms with Gasteiger partial charge in [0.1, 0.15) is 4.90 Å². The van der Waals surface area contributed by atoms with E-state index in [-0.39, 0.29) is 11.4 Å². The molecule has 0 saturated heterocycles. The molecule has 0 atom stereocenters. The smallest absolute Gasteiger partial charge is 0.252 e. The number of alkyl halides is 2. The molecule has 0 aliphatic heterocycles. The lowest BCUT2D eigenvalue weighted by molar-refractivity contribution is 0.126. The van der Waals surface area contributed by atoms with E-state index in [9.17, 15) is 17.2 Å². The van der Waals surface area contributed by atoms with E-state index in [1.807, 2.05) is 0 Å². The van der Waals surface area contributed by atoms with Gasteiger partial charge in [-0.25, -0.2) is 17.2 Å². The average molecular weight is 284 g/mol. The molecule has 0 aliphatic rings. The molecule has 17 heavy (non-hydrogen) atoms. The van der Waals surface area contributed by atoms with Gasteiger partial charge in [0.05, 0.1) is 6.54 Å². The maximum absolute atomic E-state index is 12.2. The third-order valence-corrected chi connectivity index (χ3v) is 5.55. The molecular formula is C9H14F2N2O2S2. The van der Waals surface area contributed by atoms with Crippen LogP contribution in [0.2, 0.25) is 0 Å². The highest BCUT2D eigenvalue weighted by Gasteiger charge is 2.28. The maximum atomic E-state index is 12.2. The van der Waals surface area contributed by atoms with Gasteiger partial charge in [0.15, 0.2) is 0 Å². The Hall–Kier alpha value is -0.570. The predicted octanol–water partition coefficient (Wildman–Crippen LogP) is 1.40. The zero-order chi connectivity index (χ0) is 13.2. The minimum absolute atomic E-state index is 0.0631. The first-order chi connectivity index (χ1) is 7.80. The summed E-state index contributed by atoms with van der Waals surface area (Å²) in [6.07, 6.45) is -2.70. The average Bonchev–Trinajstić information content (AvgIpc) is 2.58. The second kappa shape index (κ2) is 5.38. The SMILES string of the molecule is Cc1csc(CN)c1S(=O)(=O)N(C)CC(F)F. The summed E-state index contributed by atoms with van der Waals surface area (Å²) in [6.45, 7) is 0.885. The van der Waals surface area contributed by atoms with Crippen molar-refractivity contribution in [1.29, 1.82) is 0 Å². The van der Waals surface area contributed by atoms with Crippen molar-refractivity contribution < 1.29 is 17.2 Å². The Morgan fingerprint density at radius 2 is 2.12 bits per heavy atom. The van der Waals surface area contributed by atoms with E-state index in [0.717, 1.165) is 7.05 Å². The van der Waals surface area contributed by atoms with E-state index in [0.29, 0.717) is 14.7 Å². The number of hydrogen-bond acceptors (Lipinski definition) is 4. The largest absolute Gasteiger partial charge is 0.326 e. The van der Waals surface area contributed by atoms with E-state index in [4.69, 9.17) is 5.73 Å². The Bertz CT molecular complexity index is 485. The molecule has 1 rings (SSSR count). The van der Waals surface area contributed by atoms with Crippen molar-refractivity contribution in [1.82, 2.24) is 4.31 Å². The van der Waals surface area contributed by atoms with Gasteiger partial charge in [-0.05, 0) is 17.9 Å². The monoisotopic (exact) mass is 284 g/mol.